The van der Waals surface area contributed by atoms with Gasteiger partial charge in [0.2, 0.25) is 5.78 Å². The Kier molecular flexibility index (Phi) is 2.17. The SMILES string of the molecule is CC1OC(=O)/C(=C\N(C)C)C1=O. The summed E-state index contributed by atoms with van der Waals surface area (Å²) in [5, 5.41) is 0. The molecular formula is C8H11NO3. The molecule has 1 aliphatic heterocycles. The zero-order chi connectivity index (χ0) is 9.30. The predicted molar refractivity (Wildman–Crippen MR) is 42.3 cm³/mol. The monoisotopic (exact) mass is 169 g/mol. The molecule has 1 heterocycles. The van der Waals surface area contributed by atoms with Gasteiger partial charge in [-0.05, 0) is 6.92 Å². The topological polar surface area (TPSA) is 46.6 Å². The zero-order valence-electron chi connectivity index (χ0n) is 7.33. The minimum absolute atomic E-state index is 0.132. The molecule has 0 aromatic rings. The van der Waals surface area contributed by atoms with Crippen molar-refractivity contribution in [2.45, 2.75) is 13.0 Å². The van der Waals surface area contributed by atoms with Gasteiger partial charge in [0.15, 0.2) is 6.10 Å². The molecule has 1 fully saturated rings. The number of ketones is 1. The van der Waals surface area contributed by atoms with E-state index in [1.807, 2.05) is 0 Å². The Morgan fingerprint density at radius 3 is 2.33 bits per heavy atom. The maximum Gasteiger partial charge on any atom is 0.344 e. The highest BCUT2D eigenvalue weighted by molar-refractivity contribution is 6.23. The molecule has 4 nitrogen and oxygen atoms in total. The molecule has 1 rings (SSSR count). The lowest BCUT2D eigenvalue weighted by molar-refractivity contribution is -0.139. The van der Waals surface area contributed by atoms with Gasteiger partial charge in [-0.15, -0.1) is 0 Å². The van der Waals surface area contributed by atoms with Crippen LogP contribution in [0.15, 0.2) is 11.8 Å². The molecule has 1 aliphatic rings. The van der Waals surface area contributed by atoms with E-state index in [4.69, 9.17) is 4.74 Å². The number of ether oxygens (including phenoxy) is 1. The van der Waals surface area contributed by atoms with Crippen LogP contribution in [0.1, 0.15) is 6.92 Å². The molecule has 0 aromatic heterocycles. The van der Waals surface area contributed by atoms with E-state index in [9.17, 15) is 9.59 Å². The van der Waals surface area contributed by atoms with Crippen molar-refractivity contribution < 1.29 is 14.3 Å². The lowest BCUT2D eigenvalue weighted by Gasteiger charge is -2.03. The summed E-state index contributed by atoms with van der Waals surface area (Å²) < 4.78 is 4.70. The normalized spacial score (nSPS) is 26.2. The number of hydrogen-bond acceptors (Lipinski definition) is 4. The van der Waals surface area contributed by atoms with Gasteiger partial charge in [0.05, 0.1) is 0 Å². The number of rotatable bonds is 1. The predicted octanol–water partition coefficient (Wildman–Crippen LogP) is -0.0537. The van der Waals surface area contributed by atoms with Gasteiger partial charge in [0.25, 0.3) is 0 Å². The molecular weight excluding hydrogens is 158 g/mol. The second-order valence-electron chi connectivity index (χ2n) is 2.92. The Balaban J connectivity index is 2.91. The highest BCUT2D eigenvalue weighted by Gasteiger charge is 2.35. The lowest BCUT2D eigenvalue weighted by Crippen LogP contribution is -2.12. The van der Waals surface area contributed by atoms with E-state index in [1.54, 1.807) is 25.9 Å². The standard InChI is InChI=1S/C8H11NO3/c1-5-7(10)6(4-9(2)3)8(11)12-5/h4-5H,1-3H3/b6-4-. The Morgan fingerprint density at radius 2 is 2.00 bits per heavy atom. The Morgan fingerprint density at radius 1 is 1.42 bits per heavy atom. The average Bonchev–Trinajstić information content (AvgIpc) is 2.16. The molecule has 1 unspecified atom stereocenters. The molecule has 0 N–H and O–H groups in total. The minimum Gasteiger partial charge on any atom is -0.451 e. The van der Waals surface area contributed by atoms with Gasteiger partial charge >= 0.3 is 5.97 Å². The second-order valence-corrected chi connectivity index (χ2v) is 2.92. The fourth-order valence-corrected chi connectivity index (χ4v) is 0.972. The minimum atomic E-state index is -0.622. The zero-order valence-corrected chi connectivity index (χ0v) is 7.33. The van der Waals surface area contributed by atoms with Crippen LogP contribution in [-0.4, -0.2) is 36.9 Å². The fraction of sp³-hybridized carbons (Fsp3) is 0.500. The fourth-order valence-electron chi connectivity index (χ4n) is 0.972. The summed E-state index contributed by atoms with van der Waals surface area (Å²) in [5.41, 5.74) is 0.132. The van der Waals surface area contributed by atoms with E-state index >= 15 is 0 Å². The third-order valence-electron chi connectivity index (χ3n) is 1.53. The smallest absolute Gasteiger partial charge is 0.344 e. The van der Waals surface area contributed by atoms with E-state index in [0.29, 0.717) is 0 Å². The molecule has 0 radical (unpaired) electrons. The molecule has 0 aliphatic carbocycles. The van der Waals surface area contributed by atoms with E-state index in [-0.39, 0.29) is 11.4 Å². The number of cyclic esters (lactones) is 1. The lowest BCUT2D eigenvalue weighted by atomic mass is 10.1. The van der Waals surface area contributed by atoms with E-state index in [2.05, 4.69) is 0 Å². The molecule has 4 heteroatoms. The van der Waals surface area contributed by atoms with Gasteiger partial charge in [-0.2, -0.15) is 0 Å². The highest BCUT2D eigenvalue weighted by atomic mass is 16.6. The van der Waals surface area contributed by atoms with Gasteiger partial charge in [0.1, 0.15) is 5.57 Å². The number of esters is 1. The number of Topliss-reactive ketones (excluding diaryl/α,β-unsaturated/α-hetero) is 1. The summed E-state index contributed by atoms with van der Waals surface area (Å²) >= 11 is 0. The summed E-state index contributed by atoms with van der Waals surface area (Å²) in [5.74, 6) is -0.769. The largest absolute Gasteiger partial charge is 0.451 e. The van der Waals surface area contributed by atoms with Gasteiger partial charge in [-0.25, -0.2) is 4.79 Å². The quantitative estimate of drug-likeness (QED) is 0.313. The van der Waals surface area contributed by atoms with Crippen LogP contribution in [0, 0.1) is 0 Å². The molecule has 66 valence electrons. The van der Waals surface area contributed by atoms with E-state index < -0.39 is 12.1 Å². The summed E-state index contributed by atoms with van der Waals surface area (Å²) in [6.45, 7) is 1.57. The van der Waals surface area contributed by atoms with Crippen molar-refractivity contribution in [3.8, 4) is 0 Å². The first-order valence-corrected chi connectivity index (χ1v) is 3.66. The first-order chi connectivity index (χ1) is 5.52. The number of nitrogens with zero attached hydrogens (tertiary/aromatic N) is 1. The van der Waals surface area contributed by atoms with Crippen molar-refractivity contribution in [1.82, 2.24) is 4.90 Å². The third-order valence-corrected chi connectivity index (χ3v) is 1.53. The third kappa shape index (κ3) is 1.47. The van der Waals surface area contributed by atoms with Crippen LogP contribution in [-0.2, 0) is 14.3 Å². The summed E-state index contributed by atoms with van der Waals surface area (Å²) in [6.07, 6.45) is 0.859. The van der Waals surface area contributed by atoms with Crippen molar-refractivity contribution in [2.24, 2.45) is 0 Å². The van der Waals surface area contributed by atoms with E-state index in [1.165, 1.54) is 6.20 Å². The van der Waals surface area contributed by atoms with Gasteiger partial charge in [0, 0.05) is 20.3 Å². The van der Waals surface area contributed by atoms with Crippen molar-refractivity contribution in [1.29, 1.82) is 0 Å². The number of carbonyl (C=O) groups is 2. The number of carbonyl (C=O) groups excluding carboxylic acids is 2. The van der Waals surface area contributed by atoms with Gasteiger partial charge in [-0.1, -0.05) is 0 Å². The van der Waals surface area contributed by atoms with Crippen LogP contribution in [0.3, 0.4) is 0 Å². The maximum atomic E-state index is 11.2. The molecule has 0 saturated carbocycles. The van der Waals surface area contributed by atoms with Crippen LogP contribution in [0.2, 0.25) is 0 Å². The van der Waals surface area contributed by atoms with Crippen LogP contribution in [0.25, 0.3) is 0 Å². The highest BCUT2D eigenvalue weighted by Crippen LogP contribution is 2.15. The van der Waals surface area contributed by atoms with Crippen molar-refractivity contribution >= 4 is 11.8 Å². The van der Waals surface area contributed by atoms with Crippen LogP contribution >= 0.6 is 0 Å². The van der Waals surface area contributed by atoms with Crippen molar-refractivity contribution in [2.75, 3.05) is 14.1 Å². The maximum absolute atomic E-state index is 11.2. The number of hydrogen-bond donors (Lipinski definition) is 0. The molecule has 1 saturated heterocycles. The Labute approximate surface area is 70.8 Å². The van der Waals surface area contributed by atoms with E-state index in [0.717, 1.165) is 0 Å². The first kappa shape index (κ1) is 8.77. The summed E-state index contributed by atoms with van der Waals surface area (Å²) in [6, 6.07) is 0. The van der Waals surface area contributed by atoms with Crippen molar-refractivity contribution in [3.05, 3.63) is 11.8 Å². The van der Waals surface area contributed by atoms with Crippen molar-refractivity contribution in [3.63, 3.8) is 0 Å². The molecule has 12 heavy (non-hydrogen) atoms. The van der Waals surface area contributed by atoms with Crippen LogP contribution in [0.5, 0.6) is 0 Å². The molecule has 0 spiro atoms. The summed E-state index contributed by atoms with van der Waals surface area (Å²) in [7, 11) is 3.49. The average molecular weight is 169 g/mol. The first-order valence-electron chi connectivity index (χ1n) is 3.66. The van der Waals surface area contributed by atoms with Crippen LogP contribution in [0.4, 0.5) is 0 Å². The van der Waals surface area contributed by atoms with Crippen LogP contribution < -0.4 is 0 Å². The molecule has 0 amide bonds. The molecule has 0 bridgehead atoms. The van der Waals surface area contributed by atoms with Gasteiger partial charge in [-0.3, -0.25) is 4.79 Å². The molecule has 1 atom stereocenters. The summed E-state index contributed by atoms with van der Waals surface area (Å²) in [4.78, 5) is 23.8. The molecule has 0 aromatic carbocycles. The Bertz CT molecular complexity index is 255. The van der Waals surface area contributed by atoms with Gasteiger partial charge < -0.3 is 9.64 Å². The second kappa shape index (κ2) is 2.97. The Hall–Kier alpha value is -1.32.